The molecule has 2 saturated carbocycles. The summed E-state index contributed by atoms with van der Waals surface area (Å²) in [5.41, 5.74) is -1.02. The molecule has 2 unspecified atom stereocenters. The summed E-state index contributed by atoms with van der Waals surface area (Å²) in [4.78, 5) is 23.0. The van der Waals surface area contributed by atoms with Gasteiger partial charge in [-0.15, -0.1) is 0 Å². The summed E-state index contributed by atoms with van der Waals surface area (Å²) < 4.78 is 0. The van der Waals surface area contributed by atoms with Gasteiger partial charge in [0.25, 0.3) is 0 Å². The second-order valence-corrected chi connectivity index (χ2v) is 6.23. The lowest BCUT2D eigenvalue weighted by molar-refractivity contribution is -0.148. The van der Waals surface area contributed by atoms with E-state index in [9.17, 15) is 9.59 Å². The molecule has 0 saturated heterocycles. The first-order valence-electron chi connectivity index (χ1n) is 6.42. The number of urea groups is 1. The number of rotatable bonds is 4. The average Bonchev–Trinajstić information content (AvgIpc) is 2.70. The predicted molar refractivity (Wildman–Crippen MR) is 70.8 cm³/mol. The highest BCUT2D eigenvalue weighted by Gasteiger charge is 2.46. The van der Waals surface area contributed by atoms with Gasteiger partial charge >= 0.3 is 12.0 Å². The van der Waals surface area contributed by atoms with Crippen LogP contribution in [0.2, 0.25) is 0 Å². The minimum Gasteiger partial charge on any atom is -0.480 e. The van der Waals surface area contributed by atoms with Crippen molar-refractivity contribution in [1.29, 1.82) is 0 Å². The Labute approximate surface area is 111 Å². The number of nitrogens with one attached hydrogen (secondary N) is 2. The van der Waals surface area contributed by atoms with E-state index < -0.39 is 11.5 Å². The normalized spacial score (nSPS) is 29.4. The maximum Gasteiger partial charge on any atom is 0.329 e. The number of hydrogen-bond acceptors (Lipinski definition) is 3. The van der Waals surface area contributed by atoms with Crippen LogP contribution >= 0.6 is 11.8 Å². The molecule has 102 valence electrons. The molecule has 0 radical (unpaired) electrons. The fraction of sp³-hybridized carbons (Fsp3) is 0.833. The summed E-state index contributed by atoms with van der Waals surface area (Å²) in [5, 5.41) is 15.2. The highest BCUT2D eigenvalue weighted by Crippen LogP contribution is 2.32. The van der Waals surface area contributed by atoms with Gasteiger partial charge in [-0.25, -0.2) is 9.59 Å². The molecule has 2 aliphatic rings. The second-order valence-electron chi connectivity index (χ2n) is 5.15. The summed E-state index contributed by atoms with van der Waals surface area (Å²) in [6, 6.07) is -0.158. The number of aliphatic carboxylic acids is 1. The Balaban J connectivity index is 1.87. The third kappa shape index (κ3) is 2.58. The van der Waals surface area contributed by atoms with Crippen LogP contribution in [0.15, 0.2) is 0 Å². The first-order valence-corrected chi connectivity index (χ1v) is 7.71. The first-order chi connectivity index (χ1) is 8.57. The molecule has 2 amide bonds. The van der Waals surface area contributed by atoms with Crippen LogP contribution in [0.5, 0.6) is 0 Å². The van der Waals surface area contributed by atoms with E-state index in [0.717, 1.165) is 25.7 Å². The lowest BCUT2D eigenvalue weighted by Crippen LogP contribution is -2.62. The Morgan fingerprint density at radius 2 is 2.00 bits per heavy atom. The van der Waals surface area contributed by atoms with Gasteiger partial charge in [-0.3, -0.25) is 0 Å². The summed E-state index contributed by atoms with van der Waals surface area (Å²) in [5.74, 6) is -0.920. The number of thioether (sulfide) groups is 1. The van der Waals surface area contributed by atoms with Crippen LogP contribution in [0.3, 0.4) is 0 Å². The van der Waals surface area contributed by atoms with Crippen molar-refractivity contribution in [2.75, 3.05) is 6.26 Å². The van der Waals surface area contributed by atoms with E-state index in [1.54, 1.807) is 11.8 Å². The van der Waals surface area contributed by atoms with Gasteiger partial charge in [-0.1, -0.05) is 6.42 Å². The zero-order valence-corrected chi connectivity index (χ0v) is 11.4. The second kappa shape index (κ2) is 5.38. The van der Waals surface area contributed by atoms with E-state index in [0.29, 0.717) is 18.1 Å². The van der Waals surface area contributed by atoms with Crippen LogP contribution in [0.4, 0.5) is 4.79 Å². The largest absolute Gasteiger partial charge is 0.480 e. The van der Waals surface area contributed by atoms with Gasteiger partial charge in [0.1, 0.15) is 5.54 Å². The zero-order valence-electron chi connectivity index (χ0n) is 10.6. The van der Waals surface area contributed by atoms with Crippen molar-refractivity contribution in [2.24, 2.45) is 0 Å². The molecule has 0 heterocycles. The summed E-state index contributed by atoms with van der Waals surface area (Å²) in [7, 11) is 0. The molecule has 2 atom stereocenters. The predicted octanol–water partition coefficient (Wildman–Crippen LogP) is 1.58. The number of carboxylic acids is 1. The quantitative estimate of drug-likeness (QED) is 0.726. The third-order valence-corrected chi connectivity index (χ3v) is 5.21. The molecular weight excluding hydrogens is 252 g/mol. The van der Waals surface area contributed by atoms with E-state index in [1.807, 2.05) is 6.26 Å². The smallest absolute Gasteiger partial charge is 0.329 e. The van der Waals surface area contributed by atoms with Crippen molar-refractivity contribution in [2.45, 2.75) is 55.4 Å². The molecule has 0 bridgehead atoms. The van der Waals surface area contributed by atoms with E-state index in [1.165, 1.54) is 0 Å². The monoisotopic (exact) mass is 272 g/mol. The van der Waals surface area contributed by atoms with E-state index in [2.05, 4.69) is 10.6 Å². The Morgan fingerprint density at radius 1 is 1.28 bits per heavy atom. The fourth-order valence-electron chi connectivity index (χ4n) is 2.72. The van der Waals surface area contributed by atoms with Crippen molar-refractivity contribution in [3.05, 3.63) is 0 Å². The summed E-state index contributed by atoms with van der Waals surface area (Å²) >= 11 is 1.77. The number of carbonyl (C=O) groups is 2. The highest BCUT2D eigenvalue weighted by atomic mass is 32.2. The molecule has 5 nitrogen and oxygen atoms in total. The fourth-order valence-corrected chi connectivity index (χ4v) is 3.65. The van der Waals surface area contributed by atoms with Crippen LogP contribution < -0.4 is 10.6 Å². The molecule has 0 aromatic rings. The van der Waals surface area contributed by atoms with Crippen molar-refractivity contribution < 1.29 is 14.7 Å². The standard InChI is InChI=1S/C12H20N2O3S/c1-18-9-5-2-4-8(9)13-11(17)14-12(10(15)16)6-3-7-12/h8-9H,2-7H2,1H3,(H,15,16)(H2,13,14,17). The van der Waals surface area contributed by atoms with Gasteiger partial charge in [0.15, 0.2) is 0 Å². The molecule has 0 spiro atoms. The average molecular weight is 272 g/mol. The number of hydrogen-bond donors (Lipinski definition) is 3. The molecule has 0 aromatic heterocycles. The van der Waals surface area contributed by atoms with Crippen molar-refractivity contribution >= 4 is 23.8 Å². The Morgan fingerprint density at radius 3 is 2.50 bits per heavy atom. The van der Waals surface area contributed by atoms with Crippen LogP contribution in [-0.4, -0.2) is 40.2 Å². The Hall–Kier alpha value is -0.910. The van der Waals surface area contributed by atoms with Crippen LogP contribution in [0, 0.1) is 0 Å². The van der Waals surface area contributed by atoms with Gasteiger partial charge in [-0.2, -0.15) is 11.8 Å². The molecule has 0 aliphatic heterocycles. The molecule has 2 fully saturated rings. The SMILES string of the molecule is CSC1CCCC1NC(=O)NC1(C(=O)O)CCC1. The van der Waals surface area contributed by atoms with E-state index >= 15 is 0 Å². The Bertz CT molecular complexity index is 344. The van der Waals surface area contributed by atoms with Crippen LogP contribution in [0.1, 0.15) is 38.5 Å². The van der Waals surface area contributed by atoms with Gasteiger partial charge in [-0.05, 0) is 38.4 Å². The van der Waals surface area contributed by atoms with Gasteiger partial charge < -0.3 is 15.7 Å². The molecule has 2 rings (SSSR count). The van der Waals surface area contributed by atoms with Crippen molar-refractivity contribution in [3.8, 4) is 0 Å². The van der Waals surface area contributed by atoms with Gasteiger partial charge in [0, 0.05) is 11.3 Å². The molecule has 3 N–H and O–H groups in total. The molecule has 0 aromatic carbocycles. The summed E-state index contributed by atoms with van der Waals surface area (Å²) in [6.07, 6.45) is 7.21. The first kappa shape index (κ1) is 13.5. The zero-order chi connectivity index (χ0) is 13.2. The van der Waals surface area contributed by atoms with Crippen molar-refractivity contribution in [1.82, 2.24) is 10.6 Å². The molecular formula is C12H20N2O3S. The number of amides is 2. The highest BCUT2D eigenvalue weighted by molar-refractivity contribution is 7.99. The van der Waals surface area contributed by atoms with Gasteiger partial charge in [0.05, 0.1) is 0 Å². The molecule has 18 heavy (non-hydrogen) atoms. The van der Waals surface area contributed by atoms with E-state index in [4.69, 9.17) is 5.11 Å². The van der Waals surface area contributed by atoms with Gasteiger partial charge in [0.2, 0.25) is 0 Å². The third-order valence-electron chi connectivity index (χ3n) is 4.04. The minimum absolute atomic E-state index is 0.172. The number of carboxylic acid groups (broad SMARTS) is 1. The van der Waals surface area contributed by atoms with Crippen molar-refractivity contribution in [3.63, 3.8) is 0 Å². The molecule has 2 aliphatic carbocycles. The lowest BCUT2D eigenvalue weighted by atomic mass is 9.77. The summed E-state index contributed by atoms with van der Waals surface area (Å²) in [6.45, 7) is 0. The van der Waals surface area contributed by atoms with E-state index in [-0.39, 0.29) is 12.1 Å². The minimum atomic E-state index is -1.02. The maximum atomic E-state index is 11.9. The topological polar surface area (TPSA) is 78.4 Å². The van der Waals surface area contributed by atoms with Crippen LogP contribution in [-0.2, 0) is 4.79 Å². The Kier molecular flexibility index (Phi) is 4.04. The molecule has 6 heteroatoms. The maximum absolute atomic E-state index is 11.9. The van der Waals surface area contributed by atoms with Crippen LogP contribution in [0.25, 0.3) is 0 Å². The number of carbonyl (C=O) groups excluding carboxylic acids is 1. The lowest BCUT2D eigenvalue weighted by Gasteiger charge is -2.38.